The molecule has 0 radical (unpaired) electrons. The fraction of sp³-hybridized carbons (Fsp3) is 0.917. The van der Waals surface area contributed by atoms with Crippen LogP contribution in [-0.4, -0.2) is 0 Å². The standard InChI is InChI=1S/C24H44/c1-3-5-9-21-13-17-23(18-14-21)11-7-8-12-24-19-15-22(16-20-24)10-6-4-2/h5,9,21-24H,3-4,6-8,10-20H2,1-2H3/t21?,22-,23?,24-. The molecule has 2 rings (SSSR count). The van der Waals surface area contributed by atoms with Crippen LogP contribution in [0.5, 0.6) is 0 Å². The van der Waals surface area contributed by atoms with Gasteiger partial charge in [-0.15, -0.1) is 0 Å². The lowest BCUT2D eigenvalue weighted by Gasteiger charge is -2.29. The molecule has 0 saturated heterocycles. The van der Waals surface area contributed by atoms with Crippen molar-refractivity contribution in [2.24, 2.45) is 23.7 Å². The van der Waals surface area contributed by atoms with Gasteiger partial charge in [-0.05, 0) is 55.8 Å². The third-order valence-electron chi connectivity index (χ3n) is 6.94. The van der Waals surface area contributed by atoms with E-state index < -0.39 is 0 Å². The molecule has 2 aliphatic carbocycles. The van der Waals surface area contributed by atoms with Crippen molar-refractivity contribution in [3.8, 4) is 0 Å². The summed E-state index contributed by atoms with van der Waals surface area (Å²) in [5.41, 5.74) is 0. The lowest BCUT2D eigenvalue weighted by Crippen LogP contribution is -2.15. The summed E-state index contributed by atoms with van der Waals surface area (Å²) >= 11 is 0. The fourth-order valence-corrected chi connectivity index (χ4v) is 5.17. The average molecular weight is 333 g/mol. The minimum absolute atomic E-state index is 0.907. The van der Waals surface area contributed by atoms with Gasteiger partial charge >= 0.3 is 0 Å². The summed E-state index contributed by atoms with van der Waals surface area (Å²) in [4.78, 5) is 0. The van der Waals surface area contributed by atoms with Gasteiger partial charge in [-0.25, -0.2) is 0 Å². The molecule has 0 N–H and O–H groups in total. The Morgan fingerprint density at radius 3 is 1.54 bits per heavy atom. The highest BCUT2D eigenvalue weighted by Crippen LogP contribution is 2.36. The van der Waals surface area contributed by atoms with Crippen LogP contribution < -0.4 is 0 Å². The molecule has 0 atom stereocenters. The van der Waals surface area contributed by atoms with E-state index in [1.165, 1.54) is 77.0 Å². The first kappa shape index (κ1) is 20.1. The Morgan fingerprint density at radius 1 is 0.625 bits per heavy atom. The minimum Gasteiger partial charge on any atom is -0.0885 e. The predicted molar refractivity (Wildman–Crippen MR) is 108 cm³/mol. The van der Waals surface area contributed by atoms with Crippen molar-refractivity contribution in [3.63, 3.8) is 0 Å². The molecule has 0 unspecified atom stereocenters. The predicted octanol–water partition coefficient (Wildman–Crippen LogP) is 8.32. The highest BCUT2D eigenvalue weighted by Gasteiger charge is 2.21. The molecule has 0 spiro atoms. The van der Waals surface area contributed by atoms with E-state index >= 15 is 0 Å². The summed E-state index contributed by atoms with van der Waals surface area (Å²) in [7, 11) is 0. The lowest BCUT2D eigenvalue weighted by atomic mass is 9.77. The highest BCUT2D eigenvalue weighted by atomic mass is 14.3. The molecule has 0 aromatic carbocycles. The van der Waals surface area contributed by atoms with E-state index in [0.29, 0.717) is 0 Å². The summed E-state index contributed by atoms with van der Waals surface area (Å²) in [6.45, 7) is 4.58. The molecule has 2 saturated carbocycles. The summed E-state index contributed by atoms with van der Waals surface area (Å²) in [6.07, 6.45) is 28.6. The first-order valence-corrected chi connectivity index (χ1v) is 11.5. The Morgan fingerprint density at radius 2 is 1.08 bits per heavy atom. The summed E-state index contributed by atoms with van der Waals surface area (Å²) in [5.74, 6) is 4.13. The van der Waals surface area contributed by atoms with Gasteiger partial charge in [-0.2, -0.15) is 0 Å². The second kappa shape index (κ2) is 12.2. The molecular weight excluding hydrogens is 288 g/mol. The van der Waals surface area contributed by atoms with Crippen LogP contribution in [0.1, 0.15) is 117 Å². The second-order valence-corrected chi connectivity index (χ2v) is 8.93. The van der Waals surface area contributed by atoms with E-state index in [-0.39, 0.29) is 0 Å². The molecule has 0 amide bonds. The summed E-state index contributed by atoms with van der Waals surface area (Å²) in [5, 5.41) is 0. The zero-order valence-corrected chi connectivity index (χ0v) is 16.8. The number of unbranched alkanes of at least 4 members (excludes halogenated alkanes) is 2. The van der Waals surface area contributed by atoms with Crippen molar-refractivity contribution in [1.82, 2.24) is 0 Å². The summed E-state index contributed by atoms with van der Waals surface area (Å²) < 4.78 is 0. The van der Waals surface area contributed by atoms with Crippen LogP contribution >= 0.6 is 0 Å². The maximum absolute atomic E-state index is 2.49. The third-order valence-corrected chi connectivity index (χ3v) is 6.94. The maximum atomic E-state index is 2.49. The maximum Gasteiger partial charge on any atom is -0.0233 e. The molecule has 0 aromatic heterocycles. The summed E-state index contributed by atoms with van der Waals surface area (Å²) in [6, 6.07) is 0. The molecule has 24 heavy (non-hydrogen) atoms. The highest BCUT2D eigenvalue weighted by molar-refractivity contribution is 4.90. The van der Waals surface area contributed by atoms with Crippen LogP contribution in [0.3, 0.4) is 0 Å². The Labute approximate surface area is 152 Å². The molecule has 0 bridgehead atoms. The zero-order chi connectivity index (χ0) is 17.0. The van der Waals surface area contributed by atoms with Gasteiger partial charge in [0.05, 0.1) is 0 Å². The SMILES string of the molecule is CCC=CC1CCC(CCCC[C@H]2CC[C@H](CCCC)CC2)CC1. The topological polar surface area (TPSA) is 0 Å². The van der Waals surface area contributed by atoms with Gasteiger partial charge in [-0.1, -0.05) is 96.6 Å². The number of hydrogen-bond acceptors (Lipinski definition) is 0. The fourth-order valence-electron chi connectivity index (χ4n) is 5.17. The van der Waals surface area contributed by atoms with Crippen molar-refractivity contribution < 1.29 is 0 Å². The quantitative estimate of drug-likeness (QED) is 0.278. The van der Waals surface area contributed by atoms with Crippen molar-refractivity contribution in [1.29, 1.82) is 0 Å². The third kappa shape index (κ3) is 7.75. The smallest absolute Gasteiger partial charge is 0.0233 e. The van der Waals surface area contributed by atoms with Gasteiger partial charge < -0.3 is 0 Å². The van der Waals surface area contributed by atoms with Gasteiger partial charge in [0.1, 0.15) is 0 Å². The van der Waals surface area contributed by atoms with E-state index in [4.69, 9.17) is 0 Å². The average Bonchev–Trinajstić information content (AvgIpc) is 2.64. The number of rotatable bonds is 10. The monoisotopic (exact) mass is 332 g/mol. The normalized spacial score (nSPS) is 31.6. The van der Waals surface area contributed by atoms with Crippen LogP contribution in [0.15, 0.2) is 12.2 Å². The largest absolute Gasteiger partial charge is 0.0885 e. The van der Waals surface area contributed by atoms with Crippen LogP contribution in [0.25, 0.3) is 0 Å². The van der Waals surface area contributed by atoms with E-state index in [0.717, 1.165) is 23.7 Å². The minimum atomic E-state index is 0.907. The van der Waals surface area contributed by atoms with Crippen molar-refractivity contribution in [2.45, 2.75) is 117 Å². The first-order valence-electron chi connectivity index (χ1n) is 11.5. The van der Waals surface area contributed by atoms with E-state index in [1.54, 1.807) is 25.7 Å². The Balaban J connectivity index is 1.47. The molecule has 2 fully saturated rings. The van der Waals surface area contributed by atoms with Gasteiger partial charge in [-0.3, -0.25) is 0 Å². The Hall–Kier alpha value is -0.260. The molecule has 0 nitrogen and oxygen atoms in total. The van der Waals surface area contributed by atoms with E-state index in [1.807, 2.05) is 0 Å². The molecule has 140 valence electrons. The van der Waals surface area contributed by atoms with Gasteiger partial charge in [0.15, 0.2) is 0 Å². The number of hydrogen-bond donors (Lipinski definition) is 0. The van der Waals surface area contributed by atoms with Gasteiger partial charge in [0.25, 0.3) is 0 Å². The molecule has 0 aromatic rings. The molecular formula is C24H44. The Bertz CT molecular complexity index is 313. The van der Waals surface area contributed by atoms with Crippen molar-refractivity contribution in [2.75, 3.05) is 0 Å². The van der Waals surface area contributed by atoms with Crippen molar-refractivity contribution in [3.05, 3.63) is 12.2 Å². The van der Waals surface area contributed by atoms with Crippen LogP contribution in [0, 0.1) is 23.7 Å². The van der Waals surface area contributed by atoms with Crippen LogP contribution in [0.2, 0.25) is 0 Å². The second-order valence-electron chi connectivity index (χ2n) is 8.93. The number of allylic oxidation sites excluding steroid dienone is 2. The lowest BCUT2D eigenvalue weighted by molar-refractivity contribution is 0.240. The van der Waals surface area contributed by atoms with Crippen molar-refractivity contribution >= 4 is 0 Å². The first-order chi connectivity index (χ1) is 11.8. The van der Waals surface area contributed by atoms with Gasteiger partial charge in [0.2, 0.25) is 0 Å². The van der Waals surface area contributed by atoms with Crippen LogP contribution in [-0.2, 0) is 0 Å². The Kier molecular flexibility index (Phi) is 10.2. The van der Waals surface area contributed by atoms with E-state index in [2.05, 4.69) is 26.0 Å². The van der Waals surface area contributed by atoms with E-state index in [9.17, 15) is 0 Å². The molecule has 0 heteroatoms. The van der Waals surface area contributed by atoms with Crippen LogP contribution in [0.4, 0.5) is 0 Å². The van der Waals surface area contributed by atoms with Gasteiger partial charge in [0, 0.05) is 0 Å². The molecule has 0 aliphatic heterocycles. The molecule has 2 aliphatic rings. The zero-order valence-electron chi connectivity index (χ0n) is 16.8. The molecule has 0 heterocycles.